The minimum atomic E-state index is 0.691. The van der Waals surface area contributed by atoms with Crippen LogP contribution in [0, 0.1) is 0 Å². The molecule has 5 heterocycles. The second-order valence-electron chi connectivity index (χ2n) is 13.4. The Hall–Kier alpha value is -4.33. The molecule has 0 bridgehead atoms. The van der Waals surface area contributed by atoms with Crippen LogP contribution in [0.25, 0.3) is 33.4 Å². The number of thioether (sulfide) groups is 2. The van der Waals surface area contributed by atoms with Crippen molar-refractivity contribution in [1.82, 2.24) is 4.58 Å². The van der Waals surface area contributed by atoms with Crippen molar-refractivity contribution < 1.29 is 9.15 Å². The van der Waals surface area contributed by atoms with Crippen molar-refractivity contribution in [2.24, 2.45) is 0 Å². The van der Waals surface area contributed by atoms with E-state index in [0.29, 0.717) is 6.61 Å². The molecule has 0 saturated heterocycles. The summed E-state index contributed by atoms with van der Waals surface area (Å²) in [5, 5.41) is 2.29. The molecule has 0 amide bonds. The summed E-state index contributed by atoms with van der Waals surface area (Å²) in [6.45, 7) is 7.02. The fraction of sp³-hybridized carbons (Fsp3) is 0.262. The van der Waals surface area contributed by atoms with E-state index in [0.717, 1.165) is 85.0 Å². The second-order valence-corrected chi connectivity index (χ2v) is 15.6. The van der Waals surface area contributed by atoms with Gasteiger partial charge in [0, 0.05) is 99.7 Å². The lowest BCUT2D eigenvalue weighted by Crippen LogP contribution is -2.34. The summed E-state index contributed by atoms with van der Waals surface area (Å²) in [7, 11) is 0. The molecule has 0 saturated carbocycles. The number of nitrogens with zero attached hydrogens (tertiary/aromatic N) is 3. The van der Waals surface area contributed by atoms with E-state index in [-0.39, 0.29) is 0 Å². The van der Waals surface area contributed by atoms with Crippen LogP contribution in [0.3, 0.4) is 0 Å². The van der Waals surface area contributed by atoms with Gasteiger partial charge in [0.2, 0.25) is 11.0 Å². The molecule has 0 radical (unpaired) electrons. The molecule has 0 aromatic heterocycles. The lowest BCUT2D eigenvalue weighted by atomic mass is 9.92. The Morgan fingerprint density at radius 2 is 1.67 bits per heavy atom. The largest absolute Gasteiger partial charge is 0.492 e. The first-order valence-electron chi connectivity index (χ1n) is 17.6. The Morgan fingerprint density at radius 1 is 0.816 bits per heavy atom. The van der Waals surface area contributed by atoms with Gasteiger partial charge in [0.25, 0.3) is 0 Å². The molecule has 4 aromatic carbocycles. The van der Waals surface area contributed by atoms with Gasteiger partial charge in [0.15, 0.2) is 6.54 Å². The molecule has 0 spiro atoms. The van der Waals surface area contributed by atoms with E-state index < -0.39 is 0 Å². The summed E-state index contributed by atoms with van der Waals surface area (Å²) >= 11 is 3.95. The Balaban J connectivity index is 1.25. The number of anilines is 3. The van der Waals surface area contributed by atoms with Gasteiger partial charge in [-0.15, -0.1) is 23.5 Å². The molecular formula is C42H38N3O2S2+. The molecule has 5 nitrogen and oxygen atoms in total. The minimum Gasteiger partial charge on any atom is -0.492 e. The van der Waals surface area contributed by atoms with Crippen LogP contribution in [0.2, 0.25) is 0 Å². The SMILES string of the molecule is CCCOc1c(-c2c3ccc(=[N+]4CCc5ccccc54)cc-3oc3cc(N4CCc5ccccc54)ccc23)cc2c3c1SCCN3CCS2. The van der Waals surface area contributed by atoms with Crippen LogP contribution in [0.5, 0.6) is 5.75 Å². The van der Waals surface area contributed by atoms with Gasteiger partial charge < -0.3 is 19.0 Å². The van der Waals surface area contributed by atoms with Crippen molar-refractivity contribution in [3.63, 3.8) is 0 Å². The minimum absolute atomic E-state index is 0.691. The summed E-state index contributed by atoms with van der Waals surface area (Å²) in [6, 6.07) is 33.7. The number of para-hydroxylation sites is 2. The summed E-state index contributed by atoms with van der Waals surface area (Å²) in [6.07, 6.45) is 3.07. The maximum Gasteiger partial charge on any atom is 0.209 e. The van der Waals surface area contributed by atoms with Gasteiger partial charge in [0.05, 0.1) is 23.3 Å². The molecular weight excluding hydrogens is 643 g/mol. The molecule has 7 heteroatoms. The van der Waals surface area contributed by atoms with Crippen LogP contribution in [-0.4, -0.2) is 44.3 Å². The number of ether oxygens (including phenoxy) is 1. The first-order chi connectivity index (χ1) is 24.2. The summed E-state index contributed by atoms with van der Waals surface area (Å²) in [5.41, 5.74) is 12.3. The molecule has 0 N–H and O–H groups in total. The molecule has 49 heavy (non-hydrogen) atoms. The van der Waals surface area contributed by atoms with E-state index >= 15 is 0 Å². The average molecular weight is 681 g/mol. The summed E-state index contributed by atoms with van der Waals surface area (Å²) < 4.78 is 16.2. The Kier molecular flexibility index (Phi) is 7.19. The number of fused-ring (bicyclic) bond motifs is 4. The molecule has 6 aliphatic rings. The molecule has 0 fully saturated rings. The third-order valence-electron chi connectivity index (χ3n) is 10.5. The van der Waals surface area contributed by atoms with Crippen LogP contribution in [0.1, 0.15) is 24.5 Å². The van der Waals surface area contributed by atoms with Gasteiger partial charge in [0.1, 0.15) is 17.1 Å². The third kappa shape index (κ3) is 4.80. The van der Waals surface area contributed by atoms with E-state index in [1.807, 2.05) is 23.5 Å². The van der Waals surface area contributed by atoms with Crippen molar-refractivity contribution in [2.75, 3.05) is 54.1 Å². The van der Waals surface area contributed by atoms with Crippen molar-refractivity contribution >= 4 is 57.2 Å². The van der Waals surface area contributed by atoms with E-state index in [9.17, 15) is 0 Å². The highest BCUT2D eigenvalue weighted by molar-refractivity contribution is 8.00. The zero-order valence-electron chi connectivity index (χ0n) is 27.7. The van der Waals surface area contributed by atoms with Crippen LogP contribution >= 0.6 is 23.5 Å². The van der Waals surface area contributed by atoms with Gasteiger partial charge >= 0.3 is 0 Å². The number of hydrogen-bond acceptors (Lipinski definition) is 6. The topological polar surface area (TPSA) is 31.9 Å². The molecule has 0 atom stereocenters. The maximum atomic E-state index is 6.99. The fourth-order valence-electron chi connectivity index (χ4n) is 8.25. The van der Waals surface area contributed by atoms with E-state index in [2.05, 4.69) is 112 Å². The van der Waals surface area contributed by atoms with Crippen LogP contribution in [0.15, 0.2) is 105 Å². The van der Waals surface area contributed by atoms with E-state index in [1.54, 1.807) is 0 Å². The van der Waals surface area contributed by atoms with Crippen LogP contribution in [-0.2, 0) is 12.8 Å². The fourth-order valence-corrected chi connectivity index (χ4v) is 10.6. The first-order valence-corrected chi connectivity index (χ1v) is 19.6. The Morgan fingerprint density at radius 3 is 2.59 bits per heavy atom. The standard InChI is InChI=1S/C42H38N3O2S2/c1-2-21-46-41-33(26-38-40-42(41)49-23-20-43(40)19-22-48-38)39-31-13-11-29(44-17-15-27-7-3-5-9-34(27)44)24-36(31)47-37-25-30(12-14-32(37)39)45-18-16-28-8-4-6-10-35(28)45/h3-14,24-26H,2,15-23H2,1H3/q+1. The van der Waals surface area contributed by atoms with Crippen molar-refractivity contribution in [1.29, 1.82) is 0 Å². The molecule has 0 unspecified atom stereocenters. The van der Waals surface area contributed by atoms with Crippen LogP contribution < -0.4 is 24.5 Å². The third-order valence-corrected chi connectivity index (χ3v) is 12.6. The number of benzene rings is 5. The highest BCUT2D eigenvalue weighted by Gasteiger charge is 2.33. The van der Waals surface area contributed by atoms with Crippen molar-refractivity contribution in [3.8, 4) is 28.2 Å². The average Bonchev–Trinajstić information content (AvgIpc) is 3.78. The normalized spacial score (nSPS) is 17.4. The highest BCUT2D eigenvalue weighted by atomic mass is 32.2. The number of hydrogen-bond donors (Lipinski definition) is 0. The van der Waals surface area contributed by atoms with Gasteiger partial charge in [-0.25, -0.2) is 0 Å². The first kappa shape index (κ1) is 29.6. The quantitative estimate of drug-likeness (QED) is 0.133. The van der Waals surface area contributed by atoms with E-state index in [4.69, 9.17) is 9.15 Å². The number of rotatable bonds is 5. The molecule has 244 valence electrons. The lowest BCUT2D eigenvalue weighted by molar-refractivity contribution is 0.311. The molecule has 5 aliphatic heterocycles. The second kappa shape index (κ2) is 11.9. The lowest BCUT2D eigenvalue weighted by Gasteiger charge is -2.37. The van der Waals surface area contributed by atoms with Gasteiger partial charge in [-0.1, -0.05) is 43.3 Å². The van der Waals surface area contributed by atoms with Gasteiger partial charge in [-0.2, -0.15) is 4.58 Å². The summed E-state index contributed by atoms with van der Waals surface area (Å²) in [5.74, 6) is 4.12. The van der Waals surface area contributed by atoms with Gasteiger partial charge in [-0.05, 0) is 48.7 Å². The molecule has 1 aliphatic carbocycles. The Labute approximate surface area is 295 Å². The predicted octanol–water partition coefficient (Wildman–Crippen LogP) is 9.37. The maximum absolute atomic E-state index is 6.99. The Bertz CT molecular complexity index is 2330. The van der Waals surface area contributed by atoms with Crippen LogP contribution in [0.4, 0.5) is 22.7 Å². The summed E-state index contributed by atoms with van der Waals surface area (Å²) in [4.78, 5) is 7.69. The van der Waals surface area contributed by atoms with Crippen molar-refractivity contribution in [3.05, 3.63) is 107 Å². The highest BCUT2D eigenvalue weighted by Crippen LogP contribution is 2.55. The monoisotopic (exact) mass is 680 g/mol. The van der Waals surface area contributed by atoms with Crippen molar-refractivity contribution in [2.45, 2.75) is 36.0 Å². The molecule has 10 rings (SSSR count). The zero-order valence-corrected chi connectivity index (χ0v) is 29.3. The predicted molar refractivity (Wildman–Crippen MR) is 205 cm³/mol. The van der Waals surface area contributed by atoms with Gasteiger partial charge in [-0.3, -0.25) is 0 Å². The molecule has 4 aromatic rings. The van der Waals surface area contributed by atoms with E-state index in [1.165, 1.54) is 60.2 Å². The zero-order chi connectivity index (χ0) is 32.5. The smallest absolute Gasteiger partial charge is 0.209 e.